The highest BCUT2D eigenvalue weighted by molar-refractivity contribution is 6.15. The molecule has 5 heteroatoms. The summed E-state index contributed by atoms with van der Waals surface area (Å²) in [6, 6.07) is 1.86. The molecule has 2 aromatic rings. The number of carbonyl (C=O) groups is 1. The standard InChI is InChI=1S/C15H16N4O.C2H6/c1-8-7-10-12-13(16-8)14(20)11-5-3-4-6-19(11)15(12)18-9(2)17-10;1-2/h7,11H,3-6H2,1-2H3;1-2H3. The van der Waals surface area contributed by atoms with E-state index in [4.69, 9.17) is 0 Å². The molecule has 1 atom stereocenters. The summed E-state index contributed by atoms with van der Waals surface area (Å²) in [4.78, 5) is 28.4. The molecule has 2 aliphatic rings. The van der Waals surface area contributed by atoms with Gasteiger partial charge in [-0.3, -0.25) is 4.79 Å². The minimum absolute atomic E-state index is 0.0805. The van der Waals surface area contributed by atoms with Gasteiger partial charge in [0.05, 0.1) is 16.9 Å². The van der Waals surface area contributed by atoms with Crippen molar-refractivity contribution in [2.24, 2.45) is 0 Å². The summed E-state index contributed by atoms with van der Waals surface area (Å²) in [7, 11) is 0. The molecule has 0 aromatic carbocycles. The Morgan fingerprint density at radius 1 is 1.14 bits per heavy atom. The monoisotopic (exact) mass is 298 g/mol. The summed E-state index contributed by atoms with van der Waals surface area (Å²) in [5.74, 6) is 1.79. The molecule has 1 fully saturated rings. The van der Waals surface area contributed by atoms with Crippen LogP contribution in [0.25, 0.3) is 10.9 Å². The Labute approximate surface area is 130 Å². The SMILES string of the molecule is CC.Cc1cc2nc(C)nc3c2c(n1)C(=O)C1CCCCN31. The number of hydrogen-bond acceptors (Lipinski definition) is 5. The molecular formula is C17H22N4O. The number of carbonyl (C=O) groups excluding carboxylic acids is 1. The zero-order chi connectivity index (χ0) is 15.9. The minimum Gasteiger partial charge on any atom is -0.345 e. The molecule has 116 valence electrons. The van der Waals surface area contributed by atoms with Crippen LogP contribution >= 0.6 is 0 Å². The number of piperidine rings is 1. The minimum atomic E-state index is -0.0805. The maximum Gasteiger partial charge on any atom is 0.204 e. The molecule has 2 aromatic heterocycles. The third-order valence-corrected chi connectivity index (χ3v) is 4.21. The molecule has 1 saturated heterocycles. The number of rotatable bonds is 0. The van der Waals surface area contributed by atoms with Crippen LogP contribution in [0.1, 0.15) is 55.1 Å². The fourth-order valence-corrected chi connectivity index (χ4v) is 3.37. The second-order valence-electron chi connectivity index (χ2n) is 5.67. The summed E-state index contributed by atoms with van der Waals surface area (Å²) in [6.45, 7) is 8.71. The second kappa shape index (κ2) is 5.63. The van der Waals surface area contributed by atoms with Crippen molar-refractivity contribution in [3.63, 3.8) is 0 Å². The molecule has 0 N–H and O–H groups in total. The first-order valence-electron chi connectivity index (χ1n) is 8.12. The highest BCUT2D eigenvalue weighted by atomic mass is 16.1. The third-order valence-electron chi connectivity index (χ3n) is 4.21. The number of aromatic nitrogens is 3. The van der Waals surface area contributed by atoms with Crippen LogP contribution in [0, 0.1) is 13.8 Å². The van der Waals surface area contributed by atoms with Crippen molar-refractivity contribution in [2.75, 3.05) is 11.4 Å². The molecule has 0 amide bonds. The van der Waals surface area contributed by atoms with E-state index < -0.39 is 0 Å². The van der Waals surface area contributed by atoms with Gasteiger partial charge in [-0.05, 0) is 39.2 Å². The van der Waals surface area contributed by atoms with Crippen molar-refractivity contribution < 1.29 is 4.79 Å². The molecule has 0 saturated carbocycles. The highest BCUT2D eigenvalue weighted by Gasteiger charge is 2.38. The van der Waals surface area contributed by atoms with Crippen LogP contribution in [-0.2, 0) is 0 Å². The van der Waals surface area contributed by atoms with Gasteiger partial charge in [-0.15, -0.1) is 0 Å². The highest BCUT2D eigenvalue weighted by Crippen LogP contribution is 2.37. The lowest BCUT2D eigenvalue weighted by Gasteiger charge is -2.39. The van der Waals surface area contributed by atoms with Crippen molar-refractivity contribution in [1.29, 1.82) is 0 Å². The molecule has 22 heavy (non-hydrogen) atoms. The number of Topliss-reactive ketones (excluding diaryl/α,β-unsaturated/α-hetero) is 1. The molecule has 4 rings (SSSR count). The van der Waals surface area contributed by atoms with E-state index in [1.165, 1.54) is 0 Å². The fraction of sp³-hybridized carbons (Fsp3) is 0.529. The maximum absolute atomic E-state index is 12.7. The second-order valence-corrected chi connectivity index (χ2v) is 5.67. The predicted octanol–water partition coefficient (Wildman–Crippen LogP) is 3.22. The van der Waals surface area contributed by atoms with Crippen LogP contribution in [0.4, 0.5) is 5.82 Å². The summed E-state index contributed by atoms with van der Waals surface area (Å²) in [6.07, 6.45) is 3.11. The first kappa shape index (κ1) is 14.9. The Kier molecular flexibility index (Phi) is 3.81. The third kappa shape index (κ3) is 2.16. The van der Waals surface area contributed by atoms with Crippen molar-refractivity contribution in [1.82, 2.24) is 15.0 Å². The number of aryl methyl sites for hydroxylation is 2. The van der Waals surface area contributed by atoms with Crippen LogP contribution in [0.3, 0.4) is 0 Å². The van der Waals surface area contributed by atoms with Crippen LogP contribution in [0.5, 0.6) is 0 Å². The molecule has 5 nitrogen and oxygen atoms in total. The van der Waals surface area contributed by atoms with E-state index in [1.54, 1.807) is 0 Å². The lowest BCUT2D eigenvalue weighted by atomic mass is 9.91. The Balaban J connectivity index is 0.000000693. The van der Waals surface area contributed by atoms with Gasteiger partial charge in [0.2, 0.25) is 5.78 Å². The van der Waals surface area contributed by atoms with Gasteiger partial charge in [0, 0.05) is 12.2 Å². The van der Waals surface area contributed by atoms with Gasteiger partial charge in [0.1, 0.15) is 17.3 Å². The number of fused-ring (bicyclic) bond motifs is 2. The van der Waals surface area contributed by atoms with Crippen LogP contribution in [0.2, 0.25) is 0 Å². The summed E-state index contributed by atoms with van der Waals surface area (Å²) < 4.78 is 0. The average molecular weight is 298 g/mol. The Morgan fingerprint density at radius 2 is 1.91 bits per heavy atom. The lowest BCUT2D eigenvalue weighted by Crippen LogP contribution is -2.48. The van der Waals surface area contributed by atoms with Gasteiger partial charge >= 0.3 is 0 Å². The quantitative estimate of drug-likeness (QED) is 0.747. The van der Waals surface area contributed by atoms with E-state index in [2.05, 4.69) is 19.9 Å². The maximum atomic E-state index is 12.7. The van der Waals surface area contributed by atoms with E-state index in [-0.39, 0.29) is 11.8 Å². The van der Waals surface area contributed by atoms with E-state index in [0.29, 0.717) is 5.69 Å². The molecule has 4 heterocycles. The van der Waals surface area contributed by atoms with Crippen LogP contribution in [0.15, 0.2) is 6.07 Å². The van der Waals surface area contributed by atoms with Gasteiger partial charge in [-0.1, -0.05) is 13.8 Å². The van der Waals surface area contributed by atoms with Gasteiger partial charge in [-0.2, -0.15) is 0 Å². The molecule has 2 aliphatic heterocycles. The molecule has 0 aliphatic carbocycles. The van der Waals surface area contributed by atoms with Crippen LogP contribution < -0.4 is 4.90 Å². The van der Waals surface area contributed by atoms with Gasteiger partial charge in [0.15, 0.2) is 0 Å². The molecule has 0 radical (unpaired) electrons. The summed E-state index contributed by atoms with van der Waals surface area (Å²) in [5.41, 5.74) is 2.25. The topological polar surface area (TPSA) is 59.0 Å². The average Bonchev–Trinajstić information content (AvgIpc) is 2.53. The van der Waals surface area contributed by atoms with Gasteiger partial charge in [0.25, 0.3) is 0 Å². The lowest BCUT2D eigenvalue weighted by molar-refractivity contribution is 0.0937. The van der Waals surface area contributed by atoms with Gasteiger partial charge in [-0.25, -0.2) is 15.0 Å². The van der Waals surface area contributed by atoms with Crippen molar-refractivity contribution >= 4 is 22.5 Å². The first-order valence-corrected chi connectivity index (χ1v) is 8.12. The number of nitrogens with zero attached hydrogens (tertiary/aromatic N) is 4. The zero-order valence-corrected chi connectivity index (χ0v) is 13.7. The smallest absolute Gasteiger partial charge is 0.204 e. The zero-order valence-electron chi connectivity index (χ0n) is 13.7. The largest absolute Gasteiger partial charge is 0.345 e. The normalized spacial score (nSPS) is 19.5. The number of ketones is 1. The first-order chi connectivity index (χ1) is 10.6. The Morgan fingerprint density at radius 3 is 2.68 bits per heavy atom. The van der Waals surface area contributed by atoms with E-state index in [0.717, 1.165) is 54.0 Å². The van der Waals surface area contributed by atoms with Crippen molar-refractivity contribution in [2.45, 2.75) is 53.0 Å². The molecular weight excluding hydrogens is 276 g/mol. The Bertz CT molecular complexity index is 736. The van der Waals surface area contributed by atoms with Crippen molar-refractivity contribution in [3.05, 3.63) is 23.3 Å². The number of pyridine rings is 1. The van der Waals surface area contributed by atoms with Crippen LogP contribution in [-0.4, -0.2) is 33.3 Å². The summed E-state index contributed by atoms with van der Waals surface area (Å²) >= 11 is 0. The number of hydrogen-bond donors (Lipinski definition) is 0. The van der Waals surface area contributed by atoms with E-state index in [1.807, 2.05) is 33.8 Å². The molecule has 0 bridgehead atoms. The van der Waals surface area contributed by atoms with Crippen molar-refractivity contribution in [3.8, 4) is 0 Å². The number of anilines is 1. The predicted molar refractivity (Wildman–Crippen MR) is 87.5 cm³/mol. The van der Waals surface area contributed by atoms with E-state index >= 15 is 0 Å². The van der Waals surface area contributed by atoms with Gasteiger partial charge < -0.3 is 4.90 Å². The van der Waals surface area contributed by atoms with E-state index in [9.17, 15) is 4.79 Å². The molecule has 1 unspecified atom stereocenters. The summed E-state index contributed by atoms with van der Waals surface area (Å²) in [5, 5.41) is 0.837. The molecule has 0 spiro atoms. The Hall–Kier alpha value is -2.04. The fourth-order valence-electron chi connectivity index (χ4n) is 3.37.